The fourth-order valence-corrected chi connectivity index (χ4v) is 1.20. The first-order valence-corrected chi connectivity index (χ1v) is 4.87. The monoisotopic (exact) mass is 202 g/mol. The van der Waals surface area contributed by atoms with Crippen molar-refractivity contribution in [3.05, 3.63) is 48.5 Å². The van der Waals surface area contributed by atoms with Crippen molar-refractivity contribution in [1.29, 1.82) is 0 Å². The van der Waals surface area contributed by atoms with Gasteiger partial charge in [-0.25, -0.2) is 0 Å². The van der Waals surface area contributed by atoms with E-state index in [1.807, 2.05) is 0 Å². The smallest absolute Gasteiger partial charge is 0.293 e. The lowest BCUT2D eigenvalue weighted by molar-refractivity contribution is -0.128. The second-order valence-corrected chi connectivity index (χ2v) is 2.90. The second-order valence-electron chi connectivity index (χ2n) is 2.90. The molecule has 0 aliphatic heterocycles. The SMILES string of the molecule is CCOC=O.c1ccc2ccccc2c1. The zero-order valence-corrected chi connectivity index (χ0v) is 8.72. The third kappa shape index (κ3) is 3.81. The molecule has 0 saturated carbocycles. The van der Waals surface area contributed by atoms with Crippen LogP contribution in [0, 0.1) is 0 Å². The Balaban J connectivity index is 0.000000195. The van der Waals surface area contributed by atoms with E-state index in [0.717, 1.165) is 0 Å². The molecule has 0 spiro atoms. The van der Waals surface area contributed by atoms with Crippen LogP contribution in [-0.2, 0) is 9.53 Å². The lowest BCUT2D eigenvalue weighted by Gasteiger charge is -1.92. The van der Waals surface area contributed by atoms with Crippen molar-refractivity contribution in [1.82, 2.24) is 0 Å². The van der Waals surface area contributed by atoms with Crippen molar-refractivity contribution in [3.63, 3.8) is 0 Å². The van der Waals surface area contributed by atoms with Gasteiger partial charge in [0.1, 0.15) is 0 Å². The topological polar surface area (TPSA) is 26.3 Å². The van der Waals surface area contributed by atoms with Crippen LogP contribution in [0.25, 0.3) is 10.8 Å². The molecule has 0 heterocycles. The molecule has 0 amide bonds. The molecule has 0 saturated heterocycles. The molecule has 0 aliphatic carbocycles. The summed E-state index contributed by atoms with van der Waals surface area (Å²) in [5.41, 5.74) is 0. The van der Waals surface area contributed by atoms with E-state index in [4.69, 9.17) is 0 Å². The first kappa shape index (κ1) is 11.2. The molecule has 0 N–H and O–H groups in total. The Labute approximate surface area is 89.5 Å². The van der Waals surface area contributed by atoms with Gasteiger partial charge in [0.2, 0.25) is 0 Å². The van der Waals surface area contributed by atoms with Crippen LogP contribution in [0.15, 0.2) is 48.5 Å². The van der Waals surface area contributed by atoms with E-state index in [-0.39, 0.29) is 0 Å². The maximum Gasteiger partial charge on any atom is 0.293 e. The molecule has 2 rings (SSSR count). The molecule has 2 aromatic carbocycles. The number of hydrogen-bond acceptors (Lipinski definition) is 2. The highest BCUT2D eigenvalue weighted by molar-refractivity contribution is 5.81. The molecular formula is C13H14O2. The number of fused-ring (bicyclic) bond motifs is 1. The molecule has 0 aliphatic rings. The summed E-state index contributed by atoms with van der Waals surface area (Å²) in [6.07, 6.45) is 0. The van der Waals surface area contributed by atoms with Crippen molar-refractivity contribution in [2.45, 2.75) is 6.92 Å². The summed E-state index contributed by atoms with van der Waals surface area (Å²) in [7, 11) is 0. The highest BCUT2D eigenvalue weighted by Crippen LogP contribution is 2.11. The Hall–Kier alpha value is -1.83. The molecule has 0 bridgehead atoms. The van der Waals surface area contributed by atoms with Gasteiger partial charge >= 0.3 is 0 Å². The van der Waals surface area contributed by atoms with Gasteiger partial charge in [-0.3, -0.25) is 4.79 Å². The minimum absolute atomic E-state index is 0.431. The quantitative estimate of drug-likeness (QED) is 0.700. The van der Waals surface area contributed by atoms with Crippen LogP contribution in [0.1, 0.15) is 6.92 Å². The van der Waals surface area contributed by atoms with Gasteiger partial charge in [0.05, 0.1) is 6.61 Å². The number of benzene rings is 2. The van der Waals surface area contributed by atoms with Crippen molar-refractivity contribution >= 4 is 17.2 Å². The zero-order chi connectivity index (χ0) is 10.9. The molecule has 0 atom stereocenters. The highest BCUT2D eigenvalue weighted by atomic mass is 16.5. The average Bonchev–Trinajstić information content (AvgIpc) is 2.31. The Kier molecular flexibility index (Phi) is 4.95. The molecule has 0 unspecified atom stereocenters. The van der Waals surface area contributed by atoms with Gasteiger partial charge in [0, 0.05) is 0 Å². The van der Waals surface area contributed by atoms with E-state index < -0.39 is 0 Å². The maximum absolute atomic E-state index is 9.18. The number of rotatable bonds is 2. The van der Waals surface area contributed by atoms with Crippen molar-refractivity contribution in [2.24, 2.45) is 0 Å². The summed E-state index contributed by atoms with van der Waals surface area (Å²) in [6.45, 7) is 2.66. The molecule has 78 valence electrons. The van der Waals surface area contributed by atoms with Crippen molar-refractivity contribution in [2.75, 3.05) is 6.61 Å². The van der Waals surface area contributed by atoms with Gasteiger partial charge in [0.25, 0.3) is 6.47 Å². The number of carbonyl (C=O) groups excluding carboxylic acids is 1. The number of carbonyl (C=O) groups is 1. The third-order valence-corrected chi connectivity index (χ3v) is 1.89. The summed E-state index contributed by atoms with van der Waals surface area (Å²) >= 11 is 0. The molecular weight excluding hydrogens is 188 g/mol. The van der Waals surface area contributed by atoms with E-state index in [2.05, 4.69) is 53.3 Å². The van der Waals surface area contributed by atoms with Gasteiger partial charge < -0.3 is 4.74 Å². The third-order valence-electron chi connectivity index (χ3n) is 1.89. The van der Waals surface area contributed by atoms with Crippen LogP contribution in [0.2, 0.25) is 0 Å². The Morgan fingerprint density at radius 2 is 1.40 bits per heavy atom. The van der Waals surface area contributed by atoms with Gasteiger partial charge in [0.15, 0.2) is 0 Å². The molecule has 15 heavy (non-hydrogen) atoms. The summed E-state index contributed by atoms with van der Waals surface area (Å²) < 4.78 is 4.15. The van der Waals surface area contributed by atoms with Gasteiger partial charge in [-0.05, 0) is 17.7 Å². The first-order chi connectivity index (χ1) is 7.38. The van der Waals surface area contributed by atoms with Crippen LogP contribution in [-0.4, -0.2) is 13.1 Å². The minimum Gasteiger partial charge on any atom is -0.468 e. The predicted octanol–water partition coefficient (Wildman–Crippen LogP) is 3.02. The normalized spacial score (nSPS) is 8.87. The van der Waals surface area contributed by atoms with Crippen molar-refractivity contribution in [3.8, 4) is 0 Å². The highest BCUT2D eigenvalue weighted by Gasteiger charge is 1.85. The largest absolute Gasteiger partial charge is 0.468 e. The molecule has 0 fully saturated rings. The summed E-state index contributed by atoms with van der Waals surface area (Å²) in [5, 5.41) is 2.62. The average molecular weight is 202 g/mol. The molecule has 2 aromatic rings. The van der Waals surface area contributed by atoms with Gasteiger partial charge in [-0.15, -0.1) is 0 Å². The van der Waals surface area contributed by atoms with E-state index in [9.17, 15) is 4.79 Å². The van der Waals surface area contributed by atoms with Gasteiger partial charge in [-0.1, -0.05) is 48.5 Å². The fraction of sp³-hybridized carbons (Fsp3) is 0.154. The first-order valence-electron chi connectivity index (χ1n) is 4.87. The summed E-state index contributed by atoms with van der Waals surface area (Å²) in [5.74, 6) is 0. The van der Waals surface area contributed by atoms with Crippen LogP contribution in [0.5, 0.6) is 0 Å². The minimum atomic E-state index is 0.431. The van der Waals surface area contributed by atoms with Crippen LogP contribution in [0.3, 0.4) is 0 Å². The van der Waals surface area contributed by atoms with E-state index in [1.165, 1.54) is 10.8 Å². The number of ether oxygens (including phenoxy) is 1. The summed E-state index contributed by atoms with van der Waals surface area (Å²) in [4.78, 5) is 9.18. The van der Waals surface area contributed by atoms with Gasteiger partial charge in [-0.2, -0.15) is 0 Å². The molecule has 0 radical (unpaired) electrons. The Morgan fingerprint density at radius 1 is 1.00 bits per heavy atom. The van der Waals surface area contributed by atoms with E-state index in [0.29, 0.717) is 13.1 Å². The predicted molar refractivity (Wildman–Crippen MR) is 61.6 cm³/mol. The van der Waals surface area contributed by atoms with Crippen LogP contribution < -0.4 is 0 Å². The standard InChI is InChI=1S/C10H8.C3H6O2/c1-2-6-10-8-4-3-7-9(10)5-1;1-2-5-3-4/h1-8H;3H,2H2,1H3. The van der Waals surface area contributed by atoms with E-state index in [1.54, 1.807) is 6.92 Å². The Morgan fingerprint density at radius 3 is 1.60 bits per heavy atom. The van der Waals surface area contributed by atoms with Crippen LogP contribution in [0.4, 0.5) is 0 Å². The second kappa shape index (κ2) is 6.60. The lowest BCUT2D eigenvalue weighted by Crippen LogP contribution is -1.80. The summed E-state index contributed by atoms with van der Waals surface area (Å²) in [6, 6.07) is 16.7. The van der Waals surface area contributed by atoms with Crippen molar-refractivity contribution < 1.29 is 9.53 Å². The molecule has 2 nitrogen and oxygen atoms in total. The molecule has 2 heteroatoms. The zero-order valence-electron chi connectivity index (χ0n) is 8.72. The molecule has 0 aromatic heterocycles. The fourth-order valence-electron chi connectivity index (χ4n) is 1.20. The Bertz CT molecular complexity index is 344. The van der Waals surface area contributed by atoms with Crippen LogP contribution >= 0.6 is 0 Å². The number of hydrogen-bond donors (Lipinski definition) is 0. The maximum atomic E-state index is 9.18. The lowest BCUT2D eigenvalue weighted by atomic mass is 10.1. The van der Waals surface area contributed by atoms with E-state index >= 15 is 0 Å².